The van der Waals surface area contributed by atoms with Gasteiger partial charge in [-0.1, -0.05) is 34.5 Å². The third kappa shape index (κ3) is 3.28. The Hall–Kier alpha value is -0.420. The molecule has 0 unspecified atom stereocenters. The Morgan fingerprint density at radius 1 is 1.47 bits per heavy atom. The maximum atomic E-state index is 5.92. The van der Waals surface area contributed by atoms with Crippen LogP contribution in [0.3, 0.4) is 0 Å². The van der Waals surface area contributed by atoms with Crippen LogP contribution in [0.2, 0.25) is 5.02 Å². The highest BCUT2D eigenvalue weighted by atomic mass is 79.9. The van der Waals surface area contributed by atoms with E-state index in [-0.39, 0.29) is 0 Å². The zero-order chi connectivity index (χ0) is 12.3. The fraction of sp³-hybridized carbons (Fsp3) is 0.250. The minimum absolute atomic E-state index is 0.727. The molecule has 0 atom stereocenters. The van der Waals surface area contributed by atoms with Crippen molar-refractivity contribution < 1.29 is 0 Å². The molecule has 0 spiro atoms. The molecular weight excluding hydrogens is 320 g/mol. The summed E-state index contributed by atoms with van der Waals surface area (Å²) in [6.07, 6.45) is 0. The van der Waals surface area contributed by atoms with Gasteiger partial charge in [-0.3, -0.25) is 0 Å². The molecule has 1 heterocycles. The van der Waals surface area contributed by atoms with Gasteiger partial charge in [0.2, 0.25) is 0 Å². The summed E-state index contributed by atoms with van der Waals surface area (Å²) in [4.78, 5) is 4.59. The molecule has 1 N–H and O–H groups in total. The first-order chi connectivity index (χ1) is 8.20. The second-order valence-electron chi connectivity index (χ2n) is 3.55. The van der Waals surface area contributed by atoms with Gasteiger partial charge in [0.05, 0.1) is 5.69 Å². The van der Waals surface area contributed by atoms with Crippen LogP contribution in [0.25, 0.3) is 10.6 Å². The Labute approximate surface area is 118 Å². The molecule has 2 nitrogen and oxygen atoms in total. The number of aromatic nitrogens is 1. The first kappa shape index (κ1) is 13.0. The number of hydrogen-bond donors (Lipinski definition) is 1. The largest absolute Gasteiger partial charge is 0.311 e. The molecule has 0 bridgehead atoms. The SMILES string of the molecule is CCNCc1csc(-c2ccc(Cl)cc2Br)n1. The standard InChI is InChI=1S/C12H12BrClN2S/c1-2-15-6-9-7-17-12(16-9)10-4-3-8(14)5-11(10)13/h3-5,7,15H,2,6H2,1H3. The minimum Gasteiger partial charge on any atom is -0.311 e. The summed E-state index contributed by atoms with van der Waals surface area (Å²) in [6.45, 7) is 3.86. The van der Waals surface area contributed by atoms with E-state index in [0.717, 1.165) is 38.8 Å². The van der Waals surface area contributed by atoms with Gasteiger partial charge in [0, 0.05) is 27.0 Å². The van der Waals surface area contributed by atoms with Gasteiger partial charge in [0.1, 0.15) is 5.01 Å². The summed E-state index contributed by atoms with van der Waals surface area (Å²) in [5, 5.41) is 7.09. The van der Waals surface area contributed by atoms with Crippen molar-refractivity contribution in [1.82, 2.24) is 10.3 Å². The average Bonchev–Trinajstić information content (AvgIpc) is 2.75. The molecule has 0 amide bonds. The van der Waals surface area contributed by atoms with Crippen LogP contribution in [0.4, 0.5) is 0 Å². The van der Waals surface area contributed by atoms with Crippen LogP contribution >= 0.6 is 38.9 Å². The summed E-state index contributed by atoms with van der Waals surface area (Å²) in [5.74, 6) is 0. The number of nitrogens with zero attached hydrogens (tertiary/aromatic N) is 1. The van der Waals surface area contributed by atoms with Gasteiger partial charge in [0.15, 0.2) is 0 Å². The van der Waals surface area contributed by atoms with Crippen LogP contribution in [-0.2, 0) is 6.54 Å². The zero-order valence-electron chi connectivity index (χ0n) is 9.34. The van der Waals surface area contributed by atoms with Crippen LogP contribution in [0, 0.1) is 0 Å². The third-order valence-corrected chi connectivity index (χ3v) is 4.08. The van der Waals surface area contributed by atoms with E-state index in [0.29, 0.717) is 0 Å². The van der Waals surface area contributed by atoms with E-state index in [9.17, 15) is 0 Å². The monoisotopic (exact) mass is 330 g/mol. The summed E-state index contributed by atoms with van der Waals surface area (Å²) < 4.78 is 0.981. The Balaban J connectivity index is 2.24. The molecule has 0 aliphatic heterocycles. The number of halogens is 2. The molecule has 2 rings (SSSR count). The third-order valence-electron chi connectivity index (χ3n) is 2.27. The van der Waals surface area contributed by atoms with Gasteiger partial charge in [-0.05, 0) is 24.7 Å². The molecule has 0 aliphatic carbocycles. The predicted octanol–water partition coefficient (Wildman–Crippen LogP) is 4.34. The van der Waals surface area contributed by atoms with Crippen LogP contribution in [-0.4, -0.2) is 11.5 Å². The van der Waals surface area contributed by atoms with Crippen molar-refractivity contribution in [2.45, 2.75) is 13.5 Å². The highest BCUT2D eigenvalue weighted by Gasteiger charge is 2.08. The molecule has 90 valence electrons. The lowest BCUT2D eigenvalue weighted by Crippen LogP contribution is -2.11. The highest BCUT2D eigenvalue weighted by Crippen LogP contribution is 2.32. The fourth-order valence-corrected chi connectivity index (χ4v) is 3.29. The quantitative estimate of drug-likeness (QED) is 0.901. The maximum Gasteiger partial charge on any atom is 0.124 e. The van der Waals surface area contributed by atoms with Crippen molar-refractivity contribution >= 4 is 38.9 Å². The Bertz CT molecular complexity index is 513. The first-order valence-corrected chi connectivity index (χ1v) is 7.36. The van der Waals surface area contributed by atoms with Crippen LogP contribution in [0.15, 0.2) is 28.1 Å². The number of rotatable bonds is 4. The molecule has 5 heteroatoms. The van der Waals surface area contributed by atoms with Crippen molar-refractivity contribution in [2.75, 3.05) is 6.54 Å². The van der Waals surface area contributed by atoms with Crippen molar-refractivity contribution in [3.63, 3.8) is 0 Å². The average molecular weight is 332 g/mol. The Kier molecular flexibility index (Phi) is 4.56. The number of hydrogen-bond acceptors (Lipinski definition) is 3. The molecular formula is C12H12BrClN2S. The topological polar surface area (TPSA) is 24.9 Å². The van der Waals surface area contributed by atoms with Gasteiger partial charge in [-0.25, -0.2) is 4.98 Å². The molecule has 1 aromatic carbocycles. The van der Waals surface area contributed by atoms with E-state index in [1.165, 1.54) is 0 Å². The molecule has 0 saturated carbocycles. The van der Waals surface area contributed by atoms with Gasteiger partial charge >= 0.3 is 0 Å². The molecule has 0 saturated heterocycles. The van der Waals surface area contributed by atoms with Gasteiger partial charge < -0.3 is 5.32 Å². The lowest BCUT2D eigenvalue weighted by atomic mass is 10.2. The number of benzene rings is 1. The van der Waals surface area contributed by atoms with Crippen LogP contribution in [0.5, 0.6) is 0 Å². The molecule has 0 radical (unpaired) electrons. The molecule has 0 fully saturated rings. The summed E-state index contributed by atoms with van der Waals surface area (Å²) in [5.41, 5.74) is 2.16. The van der Waals surface area contributed by atoms with E-state index < -0.39 is 0 Å². The zero-order valence-corrected chi connectivity index (χ0v) is 12.5. The summed E-state index contributed by atoms with van der Waals surface area (Å²) >= 11 is 11.1. The lowest BCUT2D eigenvalue weighted by molar-refractivity contribution is 0.715. The van der Waals surface area contributed by atoms with Crippen molar-refractivity contribution in [3.05, 3.63) is 38.8 Å². The van der Waals surface area contributed by atoms with Crippen LogP contribution < -0.4 is 5.32 Å². The van der Waals surface area contributed by atoms with Crippen molar-refractivity contribution in [2.24, 2.45) is 0 Å². The minimum atomic E-state index is 0.727. The first-order valence-electron chi connectivity index (χ1n) is 5.31. The fourth-order valence-electron chi connectivity index (χ4n) is 1.43. The Morgan fingerprint density at radius 2 is 2.29 bits per heavy atom. The van der Waals surface area contributed by atoms with E-state index >= 15 is 0 Å². The van der Waals surface area contributed by atoms with E-state index in [2.05, 4.69) is 38.5 Å². The predicted molar refractivity (Wildman–Crippen MR) is 77.6 cm³/mol. The molecule has 2 aromatic rings. The number of thiazole rings is 1. The summed E-state index contributed by atoms with van der Waals surface area (Å²) in [6, 6.07) is 5.76. The van der Waals surface area contributed by atoms with Crippen molar-refractivity contribution in [1.29, 1.82) is 0 Å². The molecule has 0 aliphatic rings. The van der Waals surface area contributed by atoms with Gasteiger partial charge in [-0.2, -0.15) is 0 Å². The van der Waals surface area contributed by atoms with Crippen molar-refractivity contribution in [3.8, 4) is 10.6 Å². The van der Waals surface area contributed by atoms with E-state index in [4.69, 9.17) is 11.6 Å². The van der Waals surface area contributed by atoms with E-state index in [1.807, 2.05) is 18.2 Å². The second kappa shape index (κ2) is 5.96. The van der Waals surface area contributed by atoms with Gasteiger partial charge in [-0.15, -0.1) is 11.3 Å². The smallest absolute Gasteiger partial charge is 0.124 e. The van der Waals surface area contributed by atoms with E-state index in [1.54, 1.807) is 11.3 Å². The van der Waals surface area contributed by atoms with Gasteiger partial charge in [0.25, 0.3) is 0 Å². The molecule has 17 heavy (non-hydrogen) atoms. The lowest BCUT2D eigenvalue weighted by Gasteiger charge is -2.01. The molecule has 1 aromatic heterocycles. The van der Waals surface area contributed by atoms with Crippen LogP contribution in [0.1, 0.15) is 12.6 Å². The highest BCUT2D eigenvalue weighted by molar-refractivity contribution is 9.10. The Morgan fingerprint density at radius 3 is 3.00 bits per heavy atom. The normalized spacial score (nSPS) is 10.8. The summed E-state index contributed by atoms with van der Waals surface area (Å²) in [7, 11) is 0. The maximum absolute atomic E-state index is 5.92. The number of nitrogens with one attached hydrogen (secondary N) is 1. The second-order valence-corrected chi connectivity index (χ2v) is 5.70.